The molecule has 5 nitrogen and oxygen atoms in total. The molecule has 0 aliphatic heterocycles. The SMILES string of the molecule is O=C(O)CC1(NC(=O)C=Cc2ccc(O)cc2)CCCC1. The van der Waals surface area contributed by atoms with E-state index in [1.165, 1.54) is 6.08 Å². The van der Waals surface area contributed by atoms with E-state index in [4.69, 9.17) is 5.11 Å². The molecule has 0 bridgehead atoms. The largest absolute Gasteiger partial charge is 0.508 e. The first kappa shape index (κ1) is 15.1. The summed E-state index contributed by atoms with van der Waals surface area (Å²) in [7, 11) is 0. The van der Waals surface area contributed by atoms with Crippen molar-refractivity contribution in [3.8, 4) is 5.75 Å². The fraction of sp³-hybridized carbons (Fsp3) is 0.375. The van der Waals surface area contributed by atoms with E-state index in [2.05, 4.69) is 5.32 Å². The number of carboxylic acids is 1. The summed E-state index contributed by atoms with van der Waals surface area (Å²) < 4.78 is 0. The number of nitrogens with one attached hydrogen (secondary N) is 1. The van der Waals surface area contributed by atoms with E-state index in [9.17, 15) is 14.7 Å². The number of rotatable bonds is 5. The zero-order valence-corrected chi connectivity index (χ0v) is 11.7. The van der Waals surface area contributed by atoms with Crippen LogP contribution in [0.2, 0.25) is 0 Å². The van der Waals surface area contributed by atoms with Gasteiger partial charge in [-0.2, -0.15) is 0 Å². The van der Waals surface area contributed by atoms with Gasteiger partial charge in [0, 0.05) is 6.08 Å². The minimum atomic E-state index is -0.889. The molecule has 1 aromatic carbocycles. The molecule has 2 rings (SSSR count). The van der Waals surface area contributed by atoms with Crippen LogP contribution in [0.15, 0.2) is 30.3 Å². The van der Waals surface area contributed by atoms with E-state index in [1.54, 1.807) is 30.3 Å². The summed E-state index contributed by atoms with van der Waals surface area (Å²) in [6, 6.07) is 6.48. The molecule has 1 aliphatic carbocycles. The standard InChI is InChI=1S/C16H19NO4/c18-13-6-3-12(4-7-13)5-8-14(19)17-16(11-15(20)21)9-1-2-10-16/h3-8,18H,1-2,9-11H2,(H,17,19)(H,20,21). The number of benzene rings is 1. The average molecular weight is 289 g/mol. The van der Waals surface area contributed by atoms with Gasteiger partial charge in [0.25, 0.3) is 0 Å². The number of hydrogen-bond donors (Lipinski definition) is 3. The normalized spacial score (nSPS) is 17.0. The average Bonchev–Trinajstić information content (AvgIpc) is 2.85. The lowest BCUT2D eigenvalue weighted by atomic mass is 9.93. The van der Waals surface area contributed by atoms with Crippen LogP contribution in [0.1, 0.15) is 37.7 Å². The lowest BCUT2D eigenvalue weighted by molar-refractivity contribution is -0.139. The monoisotopic (exact) mass is 289 g/mol. The van der Waals surface area contributed by atoms with E-state index in [0.717, 1.165) is 18.4 Å². The molecular formula is C16H19NO4. The molecule has 1 amide bonds. The smallest absolute Gasteiger partial charge is 0.305 e. The summed E-state index contributed by atoms with van der Waals surface area (Å²) in [5, 5.41) is 21.0. The third kappa shape index (κ3) is 4.34. The van der Waals surface area contributed by atoms with Gasteiger partial charge in [-0.25, -0.2) is 0 Å². The predicted octanol–water partition coefficient (Wildman–Crippen LogP) is 2.31. The Labute approximate surface area is 123 Å². The summed E-state index contributed by atoms with van der Waals surface area (Å²) in [5.41, 5.74) is 0.184. The van der Waals surface area contributed by atoms with Gasteiger partial charge in [-0.1, -0.05) is 25.0 Å². The second-order valence-corrected chi connectivity index (χ2v) is 5.47. The number of phenolic OH excluding ortho intramolecular Hbond substituents is 1. The first-order valence-corrected chi connectivity index (χ1v) is 7.00. The molecule has 3 N–H and O–H groups in total. The van der Waals surface area contributed by atoms with Gasteiger partial charge < -0.3 is 15.5 Å². The summed E-state index contributed by atoms with van der Waals surface area (Å²) in [6.07, 6.45) is 6.29. The highest BCUT2D eigenvalue weighted by atomic mass is 16.4. The number of carbonyl (C=O) groups excluding carboxylic acids is 1. The van der Waals surface area contributed by atoms with E-state index in [-0.39, 0.29) is 18.1 Å². The van der Waals surface area contributed by atoms with Crippen molar-refractivity contribution in [1.82, 2.24) is 5.32 Å². The highest BCUT2D eigenvalue weighted by Gasteiger charge is 2.36. The molecule has 5 heteroatoms. The van der Waals surface area contributed by atoms with Crippen molar-refractivity contribution in [3.05, 3.63) is 35.9 Å². The molecule has 0 saturated heterocycles. The van der Waals surface area contributed by atoms with Crippen LogP contribution >= 0.6 is 0 Å². The van der Waals surface area contributed by atoms with Crippen LogP contribution in [-0.2, 0) is 9.59 Å². The number of carboxylic acid groups (broad SMARTS) is 1. The van der Waals surface area contributed by atoms with E-state index in [0.29, 0.717) is 12.8 Å². The number of amides is 1. The molecule has 112 valence electrons. The molecule has 21 heavy (non-hydrogen) atoms. The molecule has 0 spiro atoms. The first-order chi connectivity index (χ1) is 9.99. The Morgan fingerprint density at radius 3 is 2.38 bits per heavy atom. The Bertz CT molecular complexity index is 542. The van der Waals surface area contributed by atoms with Crippen LogP contribution < -0.4 is 5.32 Å². The Morgan fingerprint density at radius 2 is 1.81 bits per heavy atom. The maximum absolute atomic E-state index is 12.0. The molecule has 0 radical (unpaired) electrons. The van der Waals surface area contributed by atoms with Gasteiger partial charge in [-0.05, 0) is 36.6 Å². The quantitative estimate of drug-likeness (QED) is 0.726. The molecule has 1 aliphatic rings. The molecule has 0 unspecified atom stereocenters. The van der Waals surface area contributed by atoms with Crippen LogP contribution in [-0.4, -0.2) is 27.6 Å². The van der Waals surface area contributed by atoms with Gasteiger partial charge >= 0.3 is 5.97 Å². The highest BCUT2D eigenvalue weighted by Crippen LogP contribution is 2.32. The number of phenols is 1. The molecular weight excluding hydrogens is 270 g/mol. The van der Waals surface area contributed by atoms with Gasteiger partial charge in [0.05, 0.1) is 12.0 Å². The van der Waals surface area contributed by atoms with Gasteiger partial charge in [0.15, 0.2) is 0 Å². The first-order valence-electron chi connectivity index (χ1n) is 7.00. The van der Waals surface area contributed by atoms with Crippen molar-refractivity contribution in [2.75, 3.05) is 0 Å². The number of hydrogen-bond acceptors (Lipinski definition) is 3. The fourth-order valence-electron chi connectivity index (χ4n) is 2.75. The van der Waals surface area contributed by atoms with Crippen LogP contribution in [0, 0.1) is 0 Å². The van der Waals surface area contributed by atoms with Crippen LogP contribution in [0.5, 0.6) is 5.75 Å². The van der Waals surface area contributed by atoms with E-state index < -0.39 is 11.5 Å². The summed E-state index contributed by atoms with van der Waals surface area (Å²) in [5.74, 6) is -1.01. The summed E-state index contributed by atoms with van der Waals surface area (Å²) in [6.45, 7) is 0. The lowest BCUT2D eigenvalue weighted by Crippen LogP contribution is -2.47. The van der Waals surface area contributed by atoms with Gasteiger partial charge in [0.2, 0.25) is 5.91 Å². The zero-order chi connectivity index (χ0) is 15.3. The van der Waals surface area contributed by atoms with Gasteiger partial charge in [0.1, 0.15) is 5.75 Å². The van der Waals surface area contributed by atoms with Gasteiger partial charge in [-0.15, -0.1) is 0 Å². The van der Waals surface area contributed by atoms with Crippen LogP contribution in [0.3, 0.4) is 0 Å². The molecule has 1 saturated carbocycles. The molecule has 0 atom stereocenters. The third-order valence-electron chi connectivity index (χ3n) is 3.76. The van der Waals surface area contributed by atoms with E-state index in [1.807, 2.05) is 0 Å². The maximum Gasteiger partial charge on any atom is 0.305 e. The maximum atomic E-state index is 12.0. The van der Waals surface area contributed by atoms with Crippen molar-refractivity contribution in [2.24, 2.45) is 0 Å². The highest BCUT2D eigenvalue weighted by molar-refractivity contribution is 5.92. The van der Waals surface area contributed by atoms with Crippen molar-refractivity contribution < 1.29 is 19.8 Å². The topological polar surface area (TPSA) is 86.6 Å². The number of carbonyl (C=O) groups is 2. The van der Waals surface area contributed by atoms with Crippen LogP contribution in [0.4, 0.5) is 0 Å². The molecule has 1 fully saturated rings. The second-order valence-electron chi connectivity index (χ2n) is 5.47. The zero-order valence-electron chi connectivity index (χ0n) is 11.7. The molecule has 1 aromatic rings. The summed E-state index contributed by atoms with van der Waals surface area (Å²) in [4.78, 5) is 22.9. The van der Waals surface area contributed by atoms with Crippen molar-refractivity contribution >= 4 is 18.0 Å². The molecule has 0 aromatic heterocycles. The van der Waals surface area contributed by atoms with Crippen molar-refractivity contribution in [1.29, 1.82) is 0 Å². The fourth-order valence-corrected chi connectivity index (χ4v) is 2.75. The molecule has 0 heterocycles. The van der Waals surface area contributed by atoms with E-state index >= 15 is 0 Å². The predicted molar refractivity (Wildman–Crippen MR) is 78.7 cm³/mol. The van der Waals surface area contributed by atoms with Crippen molar-refractivity contribution in [2.45, 2.75) is 37.6 Å². The Balaban J connectivity index is 1.99. The Morgan fingerprint density at radius 1 is 1.19 bits per heavy atom. The minimum Gasteiger partial charge on any atom is -0.508 e. The van der Waals surface area contributed by atoms with Gasteiger partial charge in [-0.3, -0.25) is 9.59 Å². The number of aromatic hydroxyl groups is 1. The van der Waals surface area contributed by atoms with Crippen LogP contribution in [0.25, 0.3) is 6.08 Å². The summed E-state index contributed by atoms with van der Waals surface area (Å²) >= 11 is 0. The Kier molecular flexibility index (Phi) is 4.62. The minimum absolute atomic E-state index is 0.0359. The number of aliphatic carboxylic acids is 1. The van der Waals surface area contributed by atoms with Crippen molar-refractivity contribution in [3.63, 3.8) is 0 Å². The third-order valence-corrected chi connectivity index (χ3v) is 3.76. The lowest BCUT2D eigenvalue weighted by Gasteiger charge is -2.28. The second kappa shape index (κ2) is 6.43. The Hall–Kier alpha value is -2.30.